The first kappa shape index (κ1) is 9.34. The number of ketones is 1. The van der Waals surface area contributed by atoms with Crippen LogP contribution in [-0.2, 0) is 0 Å². The molecule has 0 heterocycles. The van der Waals surface area contributed by atoms with Gasteiger partial charge in [-0.15, -0.1) is 0 Å². The molecule has 0 aliphatic rings. The first-order valence-corrected chi connectivity index (χ1v) is 3.45. The van der Waals surface area contributed by atoms with Gasteiger partial charge in [-0.1, -0.05) is 0 Å². The summed E-state index contributed by atoms with van der Waals surface area (Å²) in [6, 6.07) is 1.72. The molecule has 5 nitrogen and oxygen atoms in total. The SMILES string of the molecule is O=C(CO)c1cc(O)c(O)cc1O. The van der Waals surface area contributed by atoms with Gasteiger partial charge in [0.15, 0.2) is 17.3 Å². The maximum absolute atomic E-state index is 10.9. The highest BCUT2D eigenvalue weighted by atomic mass is 16.3. The normalized spacial score (nSPS) is 9.92. The average Bonchev–Trinajstić information content (AvgIpc) is 2.10. The van der Waals surface area contributed by atoms with Crippen LogP contribution in [0.1, 0.15) is 10.4 Å². The van der Waals surface area contributed by atoms with Crippen molar-refractivity contribution in [3.63, 3.8) is 0 Å². The predicted octanol–water partition coefficient (Wildman–Crippen LogP) is -0.0216. The van der Waals surface area contributed by atoms with Crippen LogP contribution in [0.25, 0.3) is 0 Å². The molecular weight excluding hydrogens is 176 g/mol. The van der Waals surface area contributed by atoms with Gasteiger partial charge in [0.2, 0.25) is 0 Å². The highest BCUT2D eigenvalue weighted by Gasteiger charge is 2.13. The summed E-state index contributed by atoms with van der Waals surface area (Å²) in [5, 5.41) is 35.5. The van der Waals surface area contributed by atoms with Crippen LogP contribution >= 0.6 is 0 Å². The molecule has 0 spiro atoms. The van der Waals surface area contributed by atoms with E-state index in [1.54, 1.807) is 0 Å². The second kappa shape index (κ2) is 3.32. The summed E-state index contributed by atoms with van der Waals surface area (Å²) in [5.74, 6) is -2.25. The Morgan fingerprint density at radius 3 is 2.15 bits per heavy atom. The van der Waals surface area contributed by atoms with Gasteiger partial charge in [-0.2, -0.15) is 0 Å². The Kier molecular flexibility index (Phi) is 2.39. The van der Waals surface area contributed by atoms with Crippen molar-refractivity contribution in [3.05, 3.63) is 17.7 Å². The Morgan fingerprint density at radius 2 is 1.62 bits per heavy atom. The molecule has 0 aliphatic carbocycles. The highest BCUT2D eigenvalue weighted by Crippen LogP contribution is 2.32. The third-order valence-electron chi connectivity index (χ3n) is 1.54. The standard InChI is InChI=1S/C8H8O5/c9-3-8(13)4-1-6(11)7(12)2-5(4)10/h1-2,9-12H,3H2. The minimum absolute atomic E-state index is 0.224. The van der Waals surface area contributed by atoms with Crippen LogP contribution in [0.15, 0.2) is 12.1 Å². The van der Waals surface area contributed by atoms with Gasteiger partial charge >= 0.3 is 0 Å². The zero-order chi connectivity index (χ0) is 10.0. The molecule has 0 bridgehead atoms. The van der Waals surface area contributed by atoms with Crippen molar-refractivity contribution in [1.29, 1.82) is 0 Å². The van der Waals surface area contributed by atoms with E-state index in [2.05, 4.69) is 0 Å². The Bertz CT molecular complexity index is 345. The minimum atomic E-state index is -0.766. The van der Waals surface area contributed by atoms with Crippen LogP contribution in [0.3, 0.4) is 0 Å². The molecule has 1 aromatic carbocycles. The van der Waals surface area contributed by atoms with Crippen LogP contribution in [0, 0.1) is 0 Å². The fourth-order valence-corrected chi connectivity index (χ4v) is 0.874. The molecule has 13 heavy (non-hydrogen) atoms. The van der Waals surface area contributed by atoms with Gasteiger partial charge in [0, 0.05) is 6.07 Å². The lowest BCUT2D eigenvalue weighted by atomic mass is 10.1. The van der Waals surface area contributed by atoms with Crippen molar-refractivity contribution in [2.75, 3.05) is 6.61 Å². The third-order valence-corrected chi connectivity index (χ3v) is 1.54. The van der Waals surface area contributed by atoms with Crippen molar-refractivity contribution in [2.24, 2.45) is 0 Å². The number of hydrogen-bond acceptors (Lipinski definition) is 5. The topological polar surface area (TPSA) is 98.0 Å². The number of Topliss-reactive ketones (excluding diaryl/α,β-unsaturated/α-hetero) is 1. The lowest BCUT2D eigenvalue weighted by Crippen LogP contribution is -2.04. The van der Waals surface area contributed by atoms with E-state index < -0.39 is 29.6 Å². The number of phenolic OH excluding ortho intramolecular Hbond substituents is 3. The van der Waals surface area contributed by atoms with Crippen LogP contribution in [0.4, 0.5) is 0 Å². The minimum Gasteiger partial charge on any atom is -0.507 e. The van der Waals surface area contributed by atoms with Crippen LogP contribution in [0.2, 0.25) is 0 Å². The van der Waals surface area contributed by atoms with E-state index in [4.69, 9.17) is 20.4 Å². The van der Waals surface area contributed by atoms with E-state index in [0.717, 1.165) is 12.1 Å². The zero-order valence-corrected chi connectivity index (χ0v) is 6.56. The second-order valence-corrected chi connectivity index (χ2v) is 2.44. The van der Waals surface area contributed by atoms with Crippen molar-refractivity contribution < 1.29 is 25.2 Å². The van der Waals surface area contributed by atoms with E-state index in [1.807, 2.05) is 0 Å². The number of rotatable bonds is 2. The van der Waals surface area contributed by atoms with Gasteiger partial charge < -0.3 is 20.4 Å². The van der Waals surface area contributed by atoms with Gasteiger partial charge in [0.05, 0.1) is 5.56 Å². The summed E-state index contributed by atoms with van der Waals surface area (Å²) in [5.41, 5.74) is -0.224. The molecule has 5 heteroatoms. The summed E-state index contributed by atoms with van der Waals surface area (Å²) in [7, 11) is 0. The Morgan fingerprint density at radius 1 is 1.08 bits per heavy atom. The van der Waals surface area contributed by atoms with Crippen molar-refractivity contribution in [2.45, 2.75) is 0 Å². The summed E-state index contributed by atoms with van der Waals surface area (Å²) in [6.45, 7) is -0.766. The number of benzene rings is 1. The number of phenols is 3. The summed E-state index contributed by atoms with van der Waals surface area (Å²) in [4.78, 5) is 10.9. The number of aliphatic hydroxyl groups excluding tert-OH is 1. The smallest absolute Gasteiger partial charge is 0.192 e. The fourth-order valence-electron chi connectivity index (χ4n) is 0.874. The van der Waals surface area contributed by atoms with Gasteiger partial charge in [-0.05, 0) is 6.07 Å². The maximum atomic E-state index is 10.9. The number of aliphatic hydroxyl groups is 1. The predicted molar refractivity (Wildman–Crippen MR) is 42.9 cm³/mol. The largest absolute Gasteiger partial charge is 0.507 e. The highest BCUT2D eigenvalue weighted by molar-refractivity contribution is 6.00. The average molecular weight is 184 g/mol. The van der Waals surface area contributed by atoms with Crippen LogP contribution in [-0.4, -0.2) is 32.8 Å². The fraction of sp³-hybridized carbons (Fsp3) is 0.125. The second-order valence-electron chi connectivity index (χ2n) is 2.44. The molecule has 1 aromatic rings. The Labute approximate surface area is 73.5 Å². The molecule has 1 rings (SSSR count). The molecule has 0 unspecified atom stereocenters. The maximum Gasteiger partial charge on any atom is 0.192 e. The number of hydrogen-bond donors (Lipinski definition) is 4. The van der Waals surface area contributed by atoms with Crippen LogP contribution in [0.5, 0.6) is 17.2 Å². The van der Waals surface area contributed by atoms with Crippen molar-refractivity contribution in [3.8, 4) is 17.2 Å². The molecule has 0 saturated carbocycles. The van der Waals surface area contributed by atoms with Crippen molar-refractivity contribution >= 4 is 5.78 Å². The van der Waals surface area contributed by atoms with Gasteiger partial charge in [0.25, 0.3) is 0 Å². The molecule has 0 atom stereocenters. The third kappa shape index (κ3) is 1.70. The molecule has 0 amide bonds. The Balaban J connectivity index is 3.23. The van der Waals surface area contributed by atoms with E-state index in [0.29, 0.717) is 0 Å². The molecule has 0 fully saturated rings. The monoisotopic (exact) mass is 184 g/mol. The van der Waals surface area contributed by atoms with E-state index in [9.17, 15) is 4.79 Å². The molecule has 0 aromatic heterocycles. The number of carbonyl (C=O) groups is 1. The van der Waals surface area contributed by atoms with Gasteiger partial charge in [-0.25, -0.2) is 0 Å². The Hall–Kier alpha value is -1.75. The molecule has 0 radical (unpaired) electrons. The summed E-state index contributed by atoms with van der Waals surface area (Å²) in [6.07, 6.45) is 0. The molecule has 0 saturated heterocycles. The number of aromatic hydroxyl groups is 3. The summed E-state index contributed by atoms with van der Waals surface area (Å²) < 4.78 is 0. The quantitative estimate of drug-likeness (QED) is 0.294. The van der Waals surface area contributed by atoms with Crippen LogP contribution < -0.4 is 0 Å². The summed E-state index contributed by atoms with van der Waals surface area (Å²) >= 11 is 0. The van der Waals surface area contributed by atoms with Crippen molar-refractivity contribution in [1.82, 2.24) is 0 Å². The molecule has 70 valence electrons. The molecule has 0 aliphatic heterocycles. The zero-order valence-electron chi connectivity index (χ0n) is 6.56. The number of carbonyl (C=O) groups excluding carboxylic acids is 1. The first-order valence-electron chi connectivity index (χ1n) is 3.45. The van der Waals surface area contributed by atoms with E-state index in [-0.39, 0.29) is 5.56 Å². The first-order chi connectivity index (χ1) is 6.06. The van der Waals surface area contributed by atoms with Gasteiger partial charge in [-0.3, -0.25) is 4.79 Å². The van der Waals surface area contributed by atoms with Gasteiger partial charge in [0.1, 0.15) is 12.4 Å². The lowest BCUT2D eigenvalue weighted by molar-refractivity contribution is 0.0900. The lowest BCUT2D eigenvalue weighted by Gasteiger charge is -2.03. The van der Waals surface area contributed by atoms with E-state index >= 15 is 0 Å². The molecule has 4 N–H and O–H groups in total. The molecular formula is C8H8O5. The van der Waals surface area contributed by atoms with E-state index in [1.165, 1.54) is 0 Å².